The molecule has 19 heavy (non-hydrogen) atoms. The van der Waals surface area contributed by atoms with Gasteiger partial charge in [0, 0.05) is 18.8 Å². The smallest absolute Gasteiger partial charge is 0.249 e. The van der Waals surface area contributed by atoms with E-state index in [0.29, 0.717) is 18.2 Å². The maximum Gasteiger partial charge on any atom is 0.249 e. The summed E-state index contributed by atoms with van der Waals surface area (Å²) in [6, 6.07) is 3.63. The van der Waals surface area contributed by atoms with Gasteiger partial charge in [-0.25, -0.2) is 0 Å². The van der Waals surface area contributed by atoms with Gasteiger partial charge in [-0.1, -0.05) is 13.3 Å². The number of rotatable bonds is 6. The predicted molar refractivity (Wildman–Crippen MR) is 68.9 cm³/mol. The van der Waals surface area contributed by atoms with E-state index in [-0.39, 0.29) is 12.5 Å². The molecule has 0 radical (unpaired) electrons. The van der Waals surface area contributed by atoms with Gasteiger partial charge in [0.15, 0.2) is 0 Å². The van der Waals surface area contributed by atoms with Crippen LogP contribution in [0.15, 0.2) is 28.9 Å². The maximum absolute atomic E-state index is 11.4. The number of unbranched alkanes of at least 4 members (excludes halogenated alkanes) is 1. The Morgan fingerprint density at radius 1 is 1.42 bits per heavy atom. The fourth-order valence-electron chi connectivity index (χ4n) is 1.53. The number of amides is 1. The zero-order chi connectivity index (χ0) is 13.5. The molecular formula is C13H16N4O2. The van der Waals surface area contributed by atoms with E-state index in [0.717, 1.165) is 18.4 Å². The van der Waals surface area contributed by atoms with Crippen molar-refractivity contribution >= 4 is 5.91 Å². The molecule has 0 aliphatic heterocycles. The summed E-state index contributed by atoms with van der Waals surface area (Å²) >= 11 is 0. The van der Waals surface area contributed by atoms with E-state index < -0.39 is 0 Å². The quantitative estimate of drug-likeness (QED) is 0.858. The number of hydrogen-bond acceptors (Lipinski definition) is 5. The number of carbonyl (C=O) groups excluding carboxylic acids is 1. The van der Waals surface area contributed by atoms with Crippen LogP contribution in [0.1, 0.15) is 32.1 Å². The third-order valence-electron chi connectivity index (χ3n) is 2.57. The number of aromatic nitrogens is 3. The molecule has 0 spiro atoms. The van der Waals surface area contributed by atoms with Gasteiger partial charge in [0.05, 0.1) is 12.1 Å². The van der Waals surface area contributed by atoms with E-state index in [2.05, 4.69) is 20.5 Å². The first-order chi connectivity index (χ1) is 9.29. The molecule has 0 saturated heterocycles. The van der Waals surface area contributed by atoms with Crippen molar-refractivity contribution in [3.8, 4) is 11.5 Å². The summed E-state index contributed by atoms with van der Waals surface area (Å²) in [4.78, 5) is 15.4. The first-order valence-corrected chi connectivity index (χ1v) is 6.29. The Labute approximate surface area is 111 Å². The third kappa shape index (κ3) is 3.87. The summed E-state index contributed by atoms with van der Waals surface area (Å²) in [7, 11) is 0. The van der Waals surface area contributed by atoms with E-state index in [1.165, 1.54) is 0 Å². The molecule has 2 heterocycles. The largest absolute Gasteiger partial charge is 0.419 e. The minimum absolute atomic E-state index is 0.00276. The lowest BCUT2D eigenvalue weighted by molar-refractivity contribution is -0.121. The highest BCUT2D eigenvalue weighted by Gasteiger charge is 2.09. The number of pyridine rings is 1. The lowest BCUT2D eigenvalue weighted by Crippen LogP contribution is -2.22. The summed E-state index contributed by atoms with van der Waals surface area (Å²) in [5.74, 6) is 0.803. The Morgan fingerprint density at radius 3 is 3.05 bits per heavy atom. The monoisotopic (exact) mass is 260 g/mol. The van der Waals surface area contributed by atoms with Crippen molar-refractivity contribution < 1.29 is 9.21 Å². The Hall–Kier alpha value is -2.24. The number of carbonyl (C=O) groups is 1. The standard InChI is InChI=1S/C13H16N4O2/c1-2-3-6-11(18)15-9-12-16-17-13(19-12)10-5-4-7-14-8-10/h4-5,7-8H,2-3,6,9H2,1H3,(H,15,18). The molecule has 1 amide bonds. The van der Waals surface area contributed by atoms with Crippen LogP contribution in [0.2, 0.25) is 0 Å². The number of hydrogen-bond donors (Lipinski definition) is 1. The van der Waals surface area contributed by atoms with Gasteiger partial charge in [0.2, 0.25) is 17.7 Å². The van der Waals surface area contributed by atoms with E-state index in [4.69, 9.17) is 4.42 Å². The fraction of sp³-hybridized carbons (Fsp3) is 0.385. The summed E-state index contributed by atoms with van der Waals surface area (Å²) < 4.78 is 5.45. The second-order valence-corrected chi connectivity index (χ2v) is 4.12. The average Bonchev–Trinajstić information content (AvgIpc) is 2.93. The summed E-state index contributed by atoms with van der Waals surface area (Å²) in [5.41, 5.74) is 0.763. The highest BCUT2D eigenvalue weighted by molar-refractivity contribution is 5.75. The van der Waals surface area contributed by atoms with Crippen LogP contribution in [-0.4, -0.2) is 21.1 Å². The number of nitrogens with one attached hydrogen (secondary N) is 1. The van der Waals surface area contributed by atoms with Crippen molar-refractivity contribution in [1.82, 2.24) is 20.5 Å². The van der Waals surface area contributed by atoms with Gasteiger partial charge in [-0.15, -0.1) is 10.2 Å². The molecule has 0 aliphatic rings. The molecule has 0 aliphatic carbocycles. The molecule has 1 N–H and O–H groups in total. The van der Waals surface area contributed by atoms with Crippen LogP contribution in [0.25, 0.3) is 11.5 Å². The number of nitrogens with zero attached hydrogens (tertiary/aromatic N) is 3. The van der Waals surface area contributed by atoms with Crippen molar-refractivity contribution in [2.24, 2.45) is 0 Å². The highest BCUT2D eigenvalue weighted by Crippen LogP contribution is 2.15. The van der Waals surface area contributed by atoms with Crippen LogP contribution in [-0.2, 0) is 11.3 Å². The van der Waals surface area contributed by atoms with E-state index >= 15 is 0 Å². The molecule has 6 nitrogen and oxygen atoms in total. The Bertz CT molecular complexity index is 524. The molecule has 0 fully saturated rings. The SMILES string of the molecule is CCCCC(=O)NCc1nnc(-c2cccnc2)o1. The van der Waals surface area contributed by atoms with Crippen molar-refractivity contribution in [3.05, 3.63) is 30.4 Å². The average molecular weight is 260 g/mol. The van der Waals surface area contributed by atoms with Crippen molar-refractivity contribution in [2.75, 3.05) is 0 Å². The molecule has 100 valence electrons. The maximum atomic E-state index is 11.4. The van der Waals surface area contributed by atoms with Crippen molar-refractivity contribution in [2.45, 2.75) is 32.7 Å². The molecule has 0 unspecified atom stereocenters. The zero-order valence-corrected chi connectivity index (χ0v) is 10.8. The molecule has 2 aromatic heterocycles. The van der Waals surface area contributed by atoms with Crippen LogP contribution in [0.4, 0.5) is 0 Å². The predicted octanol–water partition coefficient (Wildman–Crippen LogP) is 1.94. The lowest BCUT2D eigenvalue weighted by Gasteiger charge is -2.00. The molecule has 0 saturated carbocycles. The van der Waals surface area contributed by atoms with Crippen LogP contribution >= 0.6 is 0 Å². The minimum atomic E-state index is 0.00276. The lowest BCUT2D eigenvalue weighted by atomic mass is 10.2. The molecule has 0 atom stereocenters. The van der Waals surface area contributed by atoms with Gasteiger partial charge in [0.25, 0.3) is 0 Å². The zero-order valence-electron chi connectivity index (χ0n) is 10.8. The van der Waals surface area contributed by atoms with Crippen LogP contribution in [0.3, 0.4) is 0 Å². The Morgan fingerprint density at radius 2 is 2.32 bits per heavy atom. The summed E-state index contributed by atoms with van der Waals surface area (Å²) in [5, 5.41) is 10.6. The molecule has 2 rings (SSSR count). The van der Waals surface area contributed by atoms with E-state index in [1.807, 2.05) is 13.0 Å². The van der Waals surface area contributed by atoms with Crippen LogP contribution in [0, 0.1) is 0 Å². The Kier molecular flexibility index (Phi) is 4.60. The molecule has 2 aromatic rings. The van der Waals surface area contributed by atoms with Crippen molar-refractivity contribution in [3.63, 3.8) is 0 Å². The molecular weight excluding hydrogens is 244 g/mol. The van der Waals surface area contributed by atoms with Crippen molar-refractivity contribution in [1.29, 1.82) is 0 Å². The van der Waals surface area contributed by atoms with Crippen LogP contribution < -0.4 is 5.32 Å². The van der Waals surface area contributed by atoms with Gasteiger partial charge >= 0.3 is 0 Å². The minimum Gasteiger partial charge on any atom is -0.419 e. The van der Waals surface area contributed by atoms with E-state index in [9.17, 15) is 4.79 Å². The normalized spacial score (nSPS) is 10.4. The van der Waals surface area contributed by atoms with Crippen LogP contribution in [0.5, 0.6) is 0 Å². The third-order valence-corrected chi connectivity index (χ3v) is 2.57. The topological polar surface area (TPSA) is 80.9 Å². The first kappa shape index (κ1) is 13.2. The first-order valence-electron chi connectivity index (χ1n) is 6.29. The van der Waals surface area contributed by atoms with E-state index in [1.54, 1.807) is 18.5 Å². The fourth-order valence-corrected chi connectivity index (χ4v) is 1.53. The van der Waals surface area contributed by atoms with Gasteiger partial charge in [-0.2, -0.15) is 0 Å². The highest BCUT2D eigenvalue weighted by atomic mass is 16.4. The second kappa shape index (κ2) is 6.63. The summed E-state index contributed by atoms with van der Waals surface area (Å²) in [6.07, 6.45) is 5.74. The molecule has 0 aromatic carbocycles. The van der Waals surface area contributed by atoms with Gasteiger partial charge in [-0.3, -0.25) is 9.78 Å². The van der Waals surface area contributed by atoms with Gasteiger partial charge in [0.1, 0.15) is 0 Å². The van der Waals surface area contributed by atoms with Gasteiger partial charge < -0.3 is 9.73 Å². The second-order valence-electron chi connectivity index (χ2n) is 4.12. The molecule has 6 heteroatoms. The Balaban J connectivity index is 1.90. The summed E-state index contributed by atoms with van der Waals surface area (Å²) in [6.45, 7) is 2.31. The molecule has 0 bridgehead atoms. The van der Waals surface area contributed by atoms with Gasteiger partial charge in [-0.05, 0) is 18.6 Å².